The van der Waals surface area contributed by atoms with E-state index in [1.165, 1.54) is 24.8 Å². The quantitative estimate of drug-likeness (QED) is 0.831. The largest absolute Gasteiger partial charge is 0.461 e. The maximum absolute atomic E-state index is 12.9. The molecule has 2 aromatic rings. The fourth-order valence-corrected chi connectivity index (χ4v) is 4.78. The molecule has 26 heavy (non-hydrogen) atoms. The van der Waals surface area contributed by atoms with E-state index in [-0.39, 0.29) is 5.91 Å². The minimum absolute atomic E-state index is 0.0949. The zero-order chi connectivity index (χ0) is 18.5. The summed E-state index contributed by atoms with van der Waals surface area (Å²) in [5.41, 5.74) is 2.33. The number of carbonyl (C=O) groups is 1. The summed E-state index contributed by atoms with van der Waals surface area (Å²) in [6.45, 7) is 6.25. The van der Waals surface area contributed by atoms with Crippen molar-refractivity contribution in [1.29, 1.82) is 0 Å². The molecule has 2 aliphatic carbocycles. The Hall–Kier alpha value is -1.81. The van der Waals surface area contributed by atoms with Crippen LogP contribution in [0.5, 0.6) is 0 Å². The zero-order valence-corrected chi connectivity index (χ0v) is 16.2. The lowest BCUT2D eigenvalue weighted by molar-refractivity contribution is 0.0820. The van der Waals surface area contributed by atoms with Crippen molar-refractivity contribution in [2.75, 3.05) is 13.7 Å². The van der Waals surface area contributed by atoms with Crippen molar-refractivity contribution in [3.63, 3.8) is 0 Å². The van der Waals surface area contributed by atoms with Crippen molar-refractivity contribution in [2.24, 2.45) is 17.8 Å². The number of aryl methyl sites for hydroxylation is 1. The van der Waals surface area contributed by atoms with Crippen LogP contribution in [0.25, 0.3) is 11.0 Å². The molecule has 1 heterocycles. The number of fused-ring (bicyclic) bond motifs is 2. The summed E-state index contributed by atoms with van der Waals surface area (Å²) in [5, 5.41) is 4.00. The van der Waals surface area contributed by atoms with Gasteiger partial charge in [-0.25, -0.2) is 0 Å². The molecule has 1 amide bonds. The van der Waals surface area contributed by atoms with E-state index < -0.39 is 5.54 Å². The van der Waals surface area contributed by atoms with E-state index in [2.05, 4.69) is 17.4 Å². The highest BCUT2D eigenvalue weighted by Crippen LogP contribution is 2.55. The van der Waals surface area contributed by atoms with Gasteiger partial charge in [0.15, 0.2) is 0 Å². The SMILES string of the molecule is COCC(C)(C)NC(=O)c1c(C)oc2ccc(CC3CC4CC4C3)cc12. The zero-order valence-electron chi connectivity index (χ0n) is 16.2. The van der Waals surface area contributed by atoms with Gasteiger partial charge in [0.25, 0.3) is 5.91 Å². The Bertz CT molecular complexity index is 825. The fraction of sp³-hybridized carbons (Fsp3) is 0.591. The van der Waals surface area contributed by atoms with Crippen LogP contribution in [0.2, 0.25) is 0 Å². The first kappa shape index (κ1) is 17.6. The number of carbonyl (C=O) groups excluding carboxylic acids is 1. The third-order valence-electron chi connectivity index (χ3n) is 5.98. The lowest BCUT2D eigenvalue weighted by Gasteiger charge is -2.25. The maximum Gasteiger partial charge on any atom is 0.255 e. The maximum atomic E-state index is 12.9. The monoisotopic (exact) mass is 355 g/mol. The average Bonchev–Trinajstić information content (AvgIpc) is 3.01. The van der Waals surface area contributed by atoms with E-state index in [0.29, 0.717) is 17.9 Å². The molecular formula is C22H29NO3. The Morgan fingerprint density at radius 2 is 2.00 bits per heavy atom. The first-order chi connectivity index (χ1) is 12.4. The molecule has 4 heteroatoms. The Labute approximate surface area is 155 Å². The molecule has 4 nitrogen and oxygen atoms in total. The van der Waals surface area contributed by atoms with Crippen LogP contribution in [0.3, 0.4) is 0 Å². The minimum atomic E-state index is -0.426. The van der Waals surface area contributed by atoms with Crippen molar-refractivity contribution in [1.82, 2.24) is 5.32 Å². The summed E-state index contributed by atoms with van der Waals surface area (Å²) in [6, 6.07) is 6.34. The van der Waals surface area contributed by atoms with Crippen molar-refractivity contribution < 1.29 is 13.9 Å². The summed E-state index contributed by atoms with van der Waals surface area (Å²) >= 11 is 0. The first-order valence-electron chi connectivity index (χ1n) is 9.70. The fourth-order valence-electron chi connectivity index (χ4n) is 4.78. The molecule has 0 spiro atoms. The molecule has 1 aromatic heterocycles. The van der Waals surface area contributed by atoms with Gasteiger partial charge >= 0.3 is 0 Å². The lowest BCUT2D eigenvalue weighted by Crippen LogP contribution is -2.46. The van der Waals surface area contributed by atoms with Gasteiger partial charge in [-0.15, -0.1) is 0 Å². The highest BCUT2D eigenvalue weighted by atomic mass is 16.5. The van der Waals surface area contributed by atoms with Crippen LogP contribution in [-0.2, 0) is 11.2 Å². The first-order valence-corrected chi connectivity index (χ1v) is 9.70. The summed E-state index contributed by atoms with van der Waals surface area (Å²) in [5.74, 6) is 3.39. The van der Waals surface area contributed by atoms with E-state index >= 15 is 0 Å². The molecule has 1 aromatic carbocycles. The van der Waals surface area contributed by atoms with E-state index in [1.54, 1.807) is 7.11 Å². The number of benzene rings is 1. The van der Waals surface area contributed by atoms with E-state index in [4.69, 9.17) is 9.15 Å². The number of amides is 1. The number of ether oxygens (including phenoxy) is 1. The number of hydrogen-bond acceptors (Lipinski definition) is 3. The third-order valence-corrected chi connectivity index (χ3v) is 5.98. The van der Waals surface area contributed by atoms with Crippen LogP contribution in [-0.4, -0.2) is 25.2 Å². The van der Waals surface area contributed by atoms with Gasteiger partial charge < -0.3 is 14.5 Å². The van der Waals surface area contributed by atoms with Crippen molar-refractivity contribution >= 4 is 16.9 Å². The highest BCUT2D eigenvalue weighted by Gasteiger charge is 2.45. The molecule has 0 saturated heterocycles. The minimum Gasteiger partial charge on any atom is -0.461 e. The van der Waals surface area contributed by atoms with E-state index in [1.807, 2.05) is 26.8 Å². The van der Waals surface area contributed by atoms with Gasteiger partial charge in [0.2, 0.25) is 0 Å². The number of nitrogens with one attached hydrogen (secondary N) is 1. The second kappa shape index (κ2) is 6.41. The van der Waals surface area contributed by atoms with E-state index in [0.717, 1.165) is 35.1 Å². The molecule has 2 saturated carbocycles. The molecule has 2 fully saturated rings. The number of rotatable bonds is 6. The molecule has 2 unspecified atom stereocenters. The van der Waals surface area contributed by atoms with Crippen LogP contribution in [0.1, 0.15) is 54.8 Å². The van der Waals surface area contributed by atoms with Crippen molar-refractivity contribution in [3.05, 3.63) is 35.1 Å². The molecule has 1 N–H and O–H groups in total. The van der Waals surface area contributed by atoms with Crippen LogP contribution < -0.4 is 5.32 Å². The lowest BCUT2D eigenvalue weighted by atomic mass is 9.94. The Morgan fingerprint density at radius 1 is 1.27 bits per heavy atom. The molecule has 0 bridgehead atoms. The summed E-state index contributed by atoms with van der Waals surface area (Å²) in [4.78, 5) is 12.9. The number of hydrogen-bond donors (Lipinski definition) is 1. The molecule has 2 aliphatic rings. The topological polar surface area (TPSA) is 51.5 Å². The third kappa shape index (κ3) is 3.39. The number of methoxy groups -OCH3 is 1. The molecule has 140 valence electrons. The van der Waals surface area contributed by atoms with Gasteiger partial charge in [0.1, 0.15) is 11.3 Å². The van der Waals surface area contributed by atoms with Crippen LogP contribution in [0, 0.1) is 24.7 Å². The smallest absolute Gasteiger partial charge is 0.255 e. The predicted octanol–water partition coefficient (Wildman–Crippen LogP) is 4.48. The molecule has 0 aliphatic heterocycles. The molecule has 0 radical (unpaired) electrons. The second-order valence-electron chi connectivity index (χ2n) is 8.93. The molecule has 2 atom stereocenters. The van der Waals surface area contributed by atoms with Crippen LogP contribution >= 0.6 is 0 Å². The highest BCUT2D eigenvalue weighted by molar-refractivity contribution is 6.07. The average molecular weight is 355 g/mol. The molecular weight excluding hydrogens is 326 g/mol. The summed E-state index contributed by atoms with van der Waals surface area (Å²) in [6.07, 6.45) is 5.33. The van der Waals surface area contributed by atoms with Crippen molar-refractivity contribution in [2.45, 2.75) is 52.0 Å². The summed E-state index contributed by atoms with van der Waals surface area (Å²) in [7, 11) is 1.64. The van der Waals surface area contributed by atoms with Gasteiger partial charge in [-0.05, 0) is 81.9 Å². The predicted molar refractivity (Wildman–Crippen MR) is 102 cm³/mol. The Kier molecular flexibility index (Phi) is 4.34. The van der Waals surface area contributed by atoms with Gasteiger partial charge in [-0.1, -0.05) is 6.07 Å². The Morgan fingerprint density at radius 3 is 2.69 bits per heavy atom. The standard InChI is InChI=1S/C22H29NO3/c1-13-20(21(24)23-22(2,3)12-25-4)18-10-14(5-6-19(18)26-13)7-15-8-16-11-17(16)9-15/h5-6,10,15-17H,7-9,11-12H2,1-4H3,(H,23,24). The number of furan rings is 1. The van der Waals surface area contributed by atoms with Crippen LogP contribution in [0.4, 0.5) is 0 Å². The molecule has 4 rings (SSSR count). The van der Waals surface area contributed by atoms with Gasteiger partial charge in [0.05, 0.1) is 17.7 Å². The Balaban J connectivity index is 1.58. The van der Waals surface area contributed by atoms with Gasteiger partial charge in [0, 0.05) is 12.5 Å². The van der Waals surface area contributed by atoms with Crippen molar-refractivity contribution in [3.8, 4) is 0 Å². The van der Waals surface area contributed by atoms with Crippen LogP contribution in [0.15, 0.2) is 22.6 Å². The van der Waals surface area contributed by atoms with Gasteiger partial charge in [-0.3, -0.25) is 4.79 Å². The second-order valence-corrected chi connectivity index (χ2v) is 8.93. The van der Waals surface area contributed by atoms with Gasteiger partial charge in [-0.2, -0.15) is 0 Å². The normalized spacial score (nSPS) is 24.7. The summed E-state index contributed by atoms with van der Waals surface area (Å²) < 4.78 is 11.1. The van der Waals surface area contributed by atoms with E-state index in [9.17, 15) is 4.79 Å².